The summed E-state index contributed by atoms with van der Waals surface area (Å²) in [5.41, 5.74) is 2.22. The van der Waals surface area contributed by atoms with Gasteiger partial charge in [-0.1, -0.05) is 30.3 Å². The summed E-state index contributed by atoms with van der Waals surface area (Å²) in [7, 11) is 3.27. The molecular weight excluding hydrogens is 352 g/mol. The number of aromatic nitrogens is 2. The number of fused-ring (bicyclic) bond motifs is 1. The number of hydrogen-bond acceptors (Lipinski definition) is 6. The highest BCUT2D eigenvalue weighted by Gasteiger charge is 2.20. The second-order valence-electron chi connectivity index (χ2n) is 7.13. The Morgan fingerprint density at radius 3 is 2.43 bits per heavy atom. The topological polar surface area (TPSA) is 59.5 Å². The lowest BCUT2D eigenvalue weighted by Gasteiger charge is -2.32. The van der Waals surface area contributed by atoms with Crippen LogP contribution in [-0.4, -0.2) is 48.2 Å². The van der Waals surface area contributed by atoms with Crippen molar-refractivity contribution in [1.29, 1.82) is 0 Å². The number of hydrogen-bond donors (Lipinski definition) is 1. The minimum Gasteiger partial charge on any atom is -0.493 e. The molecule has 1 fully saturated rings. The van der Waals surface area contributed by atoms with Crippen molar-refractivity contribution in [2.75, 3.05) is 32.6 Å². The largest absolute Gasteiger partial charge is 0.493 e. The number of nitrogens with one attached hydrogen (secondary N) is 1. The molecule has 1 aromatic heterocycles. The van der Waals surface area contributed by atoms with E-state index in [4.69, 9.17) is 9.47 Å². The van der Waals surface area contributed by atoms with Crippen LogP contribution < -0.4 is 14.8 Å². The minimum atomic E-state index is 0.401. The lowest BCUT2D eigenvalue weighted by atomic mass is 10.0. The Morgan fingerprint density at radius 1 is 1.00 bits per heavy atom. The van der Waals surface area contributed by atoms with Gasteiger partial charge in [-0.3, -0.25) is 4.90 Å². The van der Waals surface area contributed by atoms with Crippen LogP contribution in [-0.2, 0) is 6.54 Å². The maximum atomic E-state index is 5.44. The van der Waals surface area contributed by atoms with E-state index in [0.717, 1.165) is 49.2 Å². The van der Waals surface area contributed by atoms with Crippen LogP contribution in [0.2, 0.25) is 0 Å². The Hall–Kier alpha value is -2.86. The van der Waals surface area contributed by atoms with Gasteiger partial charge in [-0.15, -0.1) is 0 Å². The zero-order valence-corrected chi connectivity index (χ0v) is 16.4. The number of nitrogens with zero attached hydrogens (tertiary/aromatic N) is 3. The number of piperidine rings is 1. The van der Waals surface area contributed by atoms with Gasteiger partial charge in [0.15, 0.2) is 11.5 Å². The fourth-order valence-corrected chi connectivity index (χ4v) is 3.77. The van der Waals surface area contributed by atoms with Gasteiger partial charge in [-0.2, -0.15) is 0 Å². The second-order valence-corrected chi connectivity index (χ2v) is 7.13. The molecule has 0 bridgehead atoms. The third-order valence-corrected chi connectivity index (χ3v) is 5.32. The molecule has 1 saturated heterocycles. The van der Waals surface area contributed by atoms with Gasteiger partial charge >= 0.3 is 0 Å². The van der Waals surface area contributed by atoms with Crippen LogP contribution in [0.4, 0.5) is 5.82 Å². The first-order valence-electron chi connectivity index (χ1n) is 9.66. The van der Waals surface area contributed by atoms with Crippen LogP contribution in [0, 0.1) is 0 Å². The third kappa shape index (κ3) is 4.02. The Bertz CT molecular complexity index is 924. The molecule has 6 nitrogen and oxygen atoms in total. The Kier molecular flexibility index (Phi) is 5.58. The third-order valence-electron chi connectivity index (χ3n) is 5.32. The summed E-state index contributed by atoms with van der Waals surface area (Å²) in [6.07, 6.45) is 3.78. The molecule has 3 aromatic rings. The van der Waals surface area contributed by atoms with E-state index in [1.807, 2.05) is 12.1 Å². The molecule has 1 aliphatic heterocycles. The molecule has 28 heavy (non-hydrogen) atoms. The van der Waals surface area contributed by atoms with Gasteiger partial charge in [0.1, 0.15) is 12.1 Å². The maximum Gasteiger partial charge on any atom is 0.162 e. The van der Waals surface area contributed by atoms with E-state index >= 15 is 0 Å². The average Bonchev–Trinajstić information content (AvgIpc) is 2.75. The maximum absolute atomic E-state index is 5.44. The molecule has 1 N–H and O–H groups in total. The molecule has 0 amide bonds. The fourth-order valence-electron chi connectivity index (χ4n) is 3.77. The summed E-state index contributed by atoms with van der Waals surface area (Å²) < 4.78 is 10.8. The SMILES string of the molecule is COc1cc2ncnc(NC3CCN(Cc4ccccc4)CC3)c2cc1OC. The number of methoxy groups -OCH3 is 2. The summed E-state index contributed by atoms with van der Waals surface area (Å²) >= 11 is 0. The van der Waals surface area contributed by atoms with Crippen molar-refractivity contribution >= 4 is 16.7 Å². The van der Waals surface area contributed by atoms with E-state index in [1.165, 1.54) is 5.56 Å². The molecule has 0 aliphatic carbocycles. The Morgan fingerprint density at radius 2 is 1.71 bits per heavy atom. The van der Waals surface area contributed by atoms with Gasteiger partial charge < -0.3 is 14.8 Å². The number of likely N-dealkylation sites (tertiary alicyclic amines) is 1. The average molecular weight is 378 g/mol. The molecule has 0 spiro atoms. The van der Waals surface area contributed by atoms with E-state index in [9.17, 15) is 0 Å². The molecule has 6 heteroatoms. The lowest BCUT2D eigenvalue weighted by Crippen LogP contribution is -2.38. The summed E-state index contributed by atoms with van der Waals surface area (Å²) in [5.74, 6) is 2.21. The molecule has 146 valence electrons. The molecule has 0 atom stereocenters. The zero-order chi connectivity index (χ0) is 19.3. The molecule has 0 saturated carbocycles. The van der Waals surface area contributed by atoms with E-state index in [-0.39, 0.29) is 0 Å². The first-order valence-corrected chi connectivity index (χ1v) is 9.66. The van der Waals surface area contributed by atoms with Crippen LogP contribution in [0.3, 0.4) is 0 Å². The van der Waals surface area contributed by atoms with Crippen molar-refractivity contribution in [3.8, 4) is 11.5 Å². The van der Waals surface area contributed by atoms with Crippen molar-refractivity contribution in [2.24, 2.45) is 0 Å². The van der Waals surface area contributed by atoms with Gasteiger partial charge in [0.2, 0.25) is 0 Å². The summed E-state index contributed by atoms with van der Waals surface area (Å²) in [5, 5.41) is 4.57. The molecule has 4 rings (SSSR count). The number of ether oxygens (including phenoxy) is 2. The highest BCUT2D eigenvalue weighted by atomic mass is 16.5. The van der Waals surface area contributed by atoms with Gasteiger partial charge in [-0.25, -0.2) is 9.97 Å². The highest BCUT2D eigenvalue weighted by Crippen LogP contribution is 2.34. The number of benzene rings is 2. The lowest BCUT2D eigenvalue weighted by molar-refractivity contribution is 0.211. The number of anilines is 1. The molecule has 0 unspecified atom stereocenters. The molecule has 0 radical (unpaired) electrons. The normalized spacial score (nSPS) is 15.5. The minimum absolute atomic E-state index is 0.401. The molecule has 1 aliphatic rings. The van der Waals surface area contributed by atoms with Crippen molar-refractivity contribution in [3.05, 3.63) is 54.4 Å². The van der Waals surface area contributed by atoms with Crippen LogP contribution in [0.1, 0.15) is 18.4 Å². The van der Waals surface area contributed by atoms with Crippen molar-refractivity contribution < 1.29 is 9.47 Å². The molecule has 2 aromatic carbocycles. The first-order chi connectivity index (χ1) is 13.8. The zero-order valence-electron chi connectivity index (χ0n) is 16.4. The van der Waals surface area contributed by atoms with Crippen LogP contribution in [0.25, 0.3) is 10.9 Å². The predicted octanol–water partition coefficient (Wildman–Crippen LogP) is 3.72. The summed E-state index contributed by atoms with van der Waals surface area (Å²) in [4.78, 5) is 11.4. The van der Waals surface area contributed by atoms with Crippen molar-refractivity contribution in [2.45, 2.75) is 25.4 Å². The predicted molar refractivity (Wildman–Crippen MR) is 111 cm³/mol. The Balaban J connectivity index is 1.44. The van der Waals surface area contributed by atoms with Crippen LogP contribution in [0.5, 0.6) is 11.5 Å². The highest BCUT2D eigenvalue weighted by molar-refractivity contribution is 5.91. The Labute approximate surface area is 165 Å². The van der Waals surface area contributed by atoms with Gasteiger partial charge in [0, 0.05) is 37.1 Å². The second kappa shape index (κ2) is 8.44. The molecular formula is C22H26N4O2. The summed E-state index contributed by atoms with van der Waals surface area (Å²) in [6, 6.07) is 14.9. The fraction of sp³-hybridized carbons (Fsp3) is 0.364. The standard InChI is InChI=1S/C22H26N4O2/c1-27-20-12-18-19(13-21(20)28-2)23-15-24-22(18)25-17-8-10-26(11-9-17)14-16-6-4-3-5-7-16/h3-7,12-13,15,17H,8-11,14H2,1-2H3,(H,23,24,25). The van der Waals surface area contributed by atoms with Gasteiger partial charge in [0.05, 0.1) is 19.7 Å². The van der Waals surface area contributed by atoms with Crippen molar-refractivity contribution in [1.82, 2.24) is 14.9 Å². The quantitative estimate of drug-likeness (QED) is 0.705. The van der Waals surface area contributed by atoms with Gasteiger partial charge in [0.25, 0.3) is 0 Å². The van der Waals surface area contributed by atoms with E-state index in [1.54, 1.807) is 20.5 Å². The number of rotatable bonds is 6. The van der Waals surface area contributed by atoms with E-state index in [2.05, 4.69) is 50.5 Å². The van der Waals surface area contributed by atoms with Crippen LogP contribution in [0.15, 0.2) is 48.8 Å². The first kappa shape index (κ1) is 18.5. The molecule has 2 heterocycles. The van der Waals surface area contributed by atoms with Crippen LogP contribution >= 0.6 is 0 Å². The summed E-state index contributed by atoms with van der Waals surface area (Å²) in [6.45, 7) is 3.17. The van der Waals surface area contributed by atoms with Gasteiger partial charge in [-0.05, 0) is 24.5 Å². The van der Waals surface area contributed by atoms with E-state index < -0.39 is 0 Å². The van der Waals surface area contributed by atoms with E-state index in [0.29, 0.717) is 17.5 Å². The van der Waals surface area contributed by atoms with Crippen molar-refractivity contribution in [3.63, 3.8) is 0 Å². The smallest absolute Gasteiger partial charge is 0.162 e. The monoisotopic (exact) mass is 378 g/mol.